The maximum Gasteiger partial charge on any atom is 0.190 e. The maximum absolute atomic E-state index is 13.0. The summed E-state index contributed by atoms with van der Waals surface area (Å²) in [5.74, 6) is -0.883. The van der Waals surface area contributed by atoms with Crippen molar-refractivity contribution >= 4 is 11.5 Å². The molecule has 1 aromatic carbocycles. The summed E-state index contributed by atoms with van der Waals surface area (Å²) >= 11 is 0. The first kappa shape index (κ1) is 11.7. The van der Waals surface area contributed by atoms with Gasteiger partial charge in [0.05, 0.1) is 11.8 Å². The summed E-state index contributed by atoms with van der Waals surface area (Å²) in [6.45, 7) is 3.57. The Balaban J connectivity index is 2.78. The van der Waals surface area contributed by atoms with Crippen molar-refractivity contribution in [1.29, 1.82) is 0 Å². The topological polar surface area (TPSA) is 52.3 Å². The summed E-state index contributed by atoms with van der Waals surface area (Å²) in [6.07, 6.45) is -0.0382. The van der Waals surface area contributed by atoms with E-state index in [1.165, 1.54) is 18.2 Å². The van der Waals surface area contributed by atoms with Gasteiger partial charge in [0.1, 0.15) is 12.4 Å². The molecular formula is C11H14FNO2. The lowest BCUT2D eigenvalue weighted by Gasteiger charge is -2.08. The maximum atomic E-state index is 13.0. The zero-order chi connectivity index (χ0) is 11.4. The van der Waals surface area contributed by atoms with Gasteiger partial charge >= 0.3 is 0 Å². The monoisotopic (exact) mass is 211 g/mol. The van der Waals surface area contributed by atoms with Crippen LogP contribution in [-0.2, 0) is 4.74 Å². The Morgan fingerprint density at radius 2 is 2.20 bits per heavy atom. The molecule has 2 N–H and O–H groups in total. The number of nitrogen functional groups attached to an aromatic ring is 1. The van der Waals surface area contributed by atoms with E-state index in [0.717, 1.165) is 0 Å². The van der Waals surface area contributed by atoms with Gasteiger partial charge in [-0.15, -0.1) is 0 Å². The van der Waals surface area contributed by atoms with E-state index in [9.17, 15) is 9.18 Å². The van der Waals surface area contributed by atoms with E-state index in [4.69, 9.17) is 10.5 Å². The average molecular weight is 211 g/mol. The number of para-hydroxylation sites is 1. The van der Waals surface area contributed by atoms with Gasteiger partial charge in [0.15, 0.2) is 5.78 Å². The highest BCUT2D eigenvalue weighted by Gasteiger charge is 2.12. The third kappa shape index (κ3) is 3.02. The molecule has 0 bridgehead atoms. The first-order valence-corrected chi connectivity index (χ1v) is 4.71. The van der Waals surface area contributed by atoms with Gasteiger partial charge in [0, 0.05) is 5.56 Å². The van der Waals surface area contributed by atoms with Crippen LogP contribution in [0.25, 0.3) is 0 Å². The Bertz CT molecular complexity index is 364. The predicted molar refractivity (Wildman–Crippen MR) is 56.2 cm³/mol. The Kier molecular flexibility index (Phi) is 3.80. The highest BCUT2D eigenvalue weighted by molar-refractivity contribution is 6.01. The molecule has 0 fully saturated rings. The molecule has 0 radical (unpaired) electrons. The van der Waals surface area contributed by atoms with Crippen LogP contribution in [0.5, 0.6) is 0 Å². The molecule has 4 heteroatoms. The third-order valence-corrected chi connectivity index (χ3v) is 1.90. The second-order valence-corrected chi connectivity index (χ2v) is 3.48. The zero-order valence-corrected chi connectivity index (χ0v) is 8.79. The number of ketones is 1. The second kappa shape index (κ2) is 4.89. The minimum Gasteiger partial charge on any atom is -0.396 e. The standard InChI is InChI=1S/C11H14FNO2/c1-7(2)15-6-10(14)8-4-3-5-9(12)11(8)13/h3-5,7H,6,13H2,1-2H3. The van der Waals surface area contributed by atoms with Crippen LogP contribution in [-0.4, -0.2) is 18.5 Å². The fourth-order valence-electron chi connectivity index (χ4n) is 1.10. The number of benzene rings is 1. The van der Waals surface area contributed by atoms with Gasteiger partial charge in [-0.1, -0.05) is 6.07 Å². The molecule has 0 atom stereocenters. The number of anilines is 1. The number of rotatable bonds is 4. The largest absolute Gasteiger partial charge is 0.396 e. The molecule has 1 aromatic rings. The van der Waals surface area contributed by atoms with Gasteiger partial charge in [-0.25, -0.2) is 4.39 Å². The molecule has 0 aliphatic carbocycles. The van der Waals surface area contributed by atoms with E-state index in [1.807, 2.05) is 13.8 Å². The minimum atomic E-state index is -0.578. The van der Waals surface area contributed by atoms with Crippen LogP contribution < -0.4 is 5.73 Å². The highest BCUT2D eigenvalue weighted by atomic mass is 19.1. The van der Waals surface area contributed by atoms with E-state index < -0.39 is 5.82 Å². The van der Waals surface area contributed by atoms with Crippen LogP contribution in [0, 0.1) is 5.82 Å². The van der Waals surface area contributed by atoms with E-state index >= 15 is 0 Å². The summed E-state index contributed by atoms with van der Waals surface area (Å²) in [6, 6.07) is 4.16. The Morgan fingerprint density at radius 1 is 1.53 bits per heavy atom. The lowest BCUT2D eigenvalue weighted by atomic mass is 10.1. The summed E-state index contributed by atoms with van der Waals surface area (Å²) in [5.41, 5.74) is 5.50. The van der Waals surface area contributed by atoms with Crippen LogP contribution >= 0.6 is 0 Å². The molecule has 0 saturated heterocycles. The summed E-state index contributed by atoms with van der Waals surface area (Å²) in [5, 5.41) is 0. The van der Waals surface area contributed by atoms with Crippen LogP contribution in [0.2, 0.25) is 0 Å². The predicted octanol–water partition coefficient (Wildman–Crippen LogP) is 2.02. The van der Waals surface area contributed by atoms with Gasteiger partial charge in [-0.05, 0) is 26.0 Å². The number of hydrogen-bond acceptors (Lipinski definition) is 3. The van der Waals surface area contributed by atoms with Gasteiger partial charge < -0.3 is 10.5 Å². The van der Waals surface area contributed by atoms with Crippen molar-refractivity contribution in [1.82, 2.24) is 0 Å². The normalized spacial score (nSPS) is 10.7. The fraction of sp³-hybridized carbons (Fsp3) is 0.364. The first-order chi connectivity index (χ1) is 7.02. The molecule has 0 amide bonds. The second-order valence-electron chi connectivity index (χ2n) is 3.48. The molecule has 15 heavy (non-hydrogen) atoms. The molecule has 0 unspecified atom stereocenters. The van der Waals surface area contributed by atoms with Crippen molar-refractivity contribution in [3.05, 3.63) is 29.6 Å². The summed E-state index contributed by atoms with van der Waals surface area (Å²) in [4.78, 5) is 11.6. The van der Waals surface area contributed by atoms with E-state index in [-0.39, 0.29) is 29.7 Å². The van der Waals surface area contributed by atoms with Crippen molar-refractivity contribution in [2.24, 2.45) is 0 Å². The Hall–Kier alpha value is -1.42. The van der Waals surface area contributed by atoms with Crippen LogP contribution in [0.3, 0.4) is 0 Å². The Labute approximate surface area is 88.0 Å². The van der Waals surface area contributed by atoms with Crippen molar-refractivity contribution in [3.8, 4) is 0 Å². The summed E-state index contributed by atoms with van der Waals surface area (Å²) in [7, 11) is 0. The molecule has 0 aliphatic heterocycles. The SMILES string of the molecule is CC(C)OCC(=O)c1cccc(F)c1N. The molecule has 0 saturated carbocycles. The molecule has 82 valence electrons. The fourth-order valence-corrected chi connectivity index (χ4v) is 1.10. The molecule has 0 spiro atoms. The van der Waals surface area contributed by atoms with Crippen molar-refractivity contribution in [2.75, 3.05) is 12.3 Å². The summed E-state index contributed by atoms with van der Waals surface area (Å²) < 4.78 is 18.1. The number of nitrogens with two attached hydrogens (primary N) is 1. The van der Waals surface area contributed by atoms with Crippen molar-refractivity contribution < 1.29 is 13.9 Å². The lowest BCUT2D eigenvalue weighted by Crippen LogP contribution is -2.15. The van der Waals surface area contributed by atoms with Gasteiger partial charge in [0.2, 0.25) is 0 Å². The van der Waals surface area contributed by atoms with E-state index in [0.29, 0.717) is 0 Å². The third-order valence-electron chi connectivity index (χ3n) is 1.90. The number of ether oxygens (including phenoxy) is 1. The van der Waals surface area contributed by atoms with Gasteiger partial charge in [-0.2, -0.15) is 0 Å². The molecule has 1 rings (SSSR count). The molecule has 0 aliphatic rings. The smallest absolute Gasteiger partial charge is 0.190 e. The van der Waals surface area contributed by atoms with Gasteiger partial charge in [-0.3, -0.25) is 4.79 Å². The molecular weight excluding hydrogens is 197 g/mol. The number of carbonyl (C=O) groups is 1. The van der Waals surface area contributed by atoms with Crippen molar-refractivity contribution in [2.45, 2.75) is 20.0 Å². The first-order valence-electron chi connectivity index (χ1n) is 4.71. The molecule has 0 aromatic heterocycles. The zero-order valence-electron chi connectivity index (χ0n) is 8.79. The van der Waals surface area contributed by atoms with Crippen molar-refractivity contribution in [3.63, 3.8) is 0 Å². The van der Waals surface area contributed by atoms with E-state index in [1.54, 1.807) is 0 Å². The number of carbonyl (C=O) groups excluding carboxylic acids is 1. The molecule has 0 heterocycles. The number of hydrogen-bond donors (Lipinski definition) is 1. The number of Topliss-reactive ketones (excluding diaryl/α,β-unsaturated/α-hetero) is 1. The number of halogens is 1. The Morgan fingerprint density at radius 3 is 2.80 bits per heavy atom. The lowest BCUT2D eigenvalue weighted by molar-refractivity contribution is 0.0585. The van der Waals surface area contributed by atoms with Crippen LogP contribution in [0.1, 0.15) is 24.2 Å². The van der Waals surface area contributed by atoms with E-state index in [2.05, 4.69) is 0 Å². The molecule has 3 nitrogen and oxygen atoms in total. The van der Waals surface area contributed by atoms with Crippen LogP contribution in [0.4, 0.5) is 10.1 Å². The quantitative estimate of drug-likeness (QED) is 0.612. The highest BCUT2D eigenvalue weighted by Crippen LogP contribution is 2.16. The van der Waals surface area contributed by atoms with Crippen LogP contribution in [0.15, 0.2) is 18.2 Å². The van der Waals surface area contributed by atoms with Gasteiger partial charge in [0.25, 0.3) is 0 Å². The minimum absolute atomic E-state index is 0.0382. The average Bonchev–Trinajstić information content (AvgIpc) is 2.18.